The van der Waals surface area contributed by atoms with E-state index in [2.05, 4.69) is 43.0 Å². The second-order valence-corrected chi connectivity index (χ2v) is 6.33. The minimum absolute atomic E-state index is 0.138. The van der Waals surface area contributed by atoms with Gasteiger partial charge in [-0.15, -0.1) is 0 Å². The smallest absolute Gasteiger partial charge is 0.308 e. The number of nitrogens with zero attached hydrogens (tertiary/aromatic N) is 1. The summed E-state index contributed by atoms with van der Waals surface area (Å²) in [4.78, 5) is 13.7. The molecule has 1 N–H and O–H groups in total. The zero-order chi connectivity index (χ0) is 14.3. The highest BCUT2D eigenvalue weighted by Crippen LogP contribution is 2.43. The van der Waals surface area contributed by atoms with Gasteiger partial charge in [0.15, 0.2) is 0 Å². The van der Waals surface area contributed by atoms with Gasteiger partial charge in [-0.3, -0.25) is 9.69 Å². The standard InChI is InChI=1S/C17H23NO2/c1-11-7-8-16(15-6-4-3-5-13(11)15)18-10-9-14(12(18)2)17(19)20/h3-6,11-12,14,16H,7-10H2,1-2H3,(H,19,20). The van der Waals surface area contributed by atoms with E-state index in [0.717, 1.165) is 19.4 Å². The predicted molar refractivity (Wildman–Crippen MR) is 78.7 cm³/mol. The highest BCUT2D eigenvalue weighted by atomic mass is 16.4. The van der Waals surface area contributed by atoms with E-state index in [1.54, 1.807) is 0 Å². The van der Waals surface area contributed by atoms with Crippen molar-refractivity contribution in [3.8, 4) is 0 Å². The maximum atomic E-state index is 11.3. The number of likely N-dealkylation sites (tertiary alicyclic amines) is 1. The van der Waals surface area contributed by atoms with Crippen molar-refractivity contribution in [1.82, 2.24) is 4.90 Å². The summed E-state index contributed by atoms with van der Waals surface area (Å²) in [5.74, 6) is -0.227. The molecular weight excluding hydrogens is 250 g/mol. The van der Waals surface area contributed by atoms with E-state index in [-0.39, 0.29) is 12.0 Å². The van der Waals surface area contributed by atoms with Crippen LogP contribution in [0.1, 0.15) is 56.2 Å². The third-order valence-corrected chi connectivity index (χ3v) is 5.28. The van der Waals surface area contributed by atoms with Gasteiger partial charge >= 0.3 is 5.97 Å². The average Bonchev–Trinajstić information content (AvgIpc) is 2.82. The monoisotopic (exact) mass is 273 g/mol. The van der Waals surface area contributed by atoms with Crippen molar-refractivity contribution < 1.29 is 9.90 Å². The molecule has 0 spiro atoms. The summed E-state index contributed by atoms with van der Waals surface area (Å²) in [5, 5.41) is 9.31. The van der Waals surface area contributed by atoms with Crippen LogP contribution < -0.4 is 0 Å². The molecule has 1 aromatic rings. The van der Waals surface area contributed by atoms with Crippen molar-refractivity contribution in [2.45, 2.75) is 51.1 Å². The molecule has 20 heavy (non-hydrogen) atoms. The molecule has 2 aliphatic rings. The first kappa shape index (κ1) is 13.6. The molecule has 0 saturated carbocycles. The molecule has 0 radical (unpaired) electrons. The van der Waals surface area contributed by atoms with Crippen LogP contribution in [0.2, 0.25) is 0 Å². The first-order chi connectivity index (χ1) is 9.59. The second-order valence-electron chi connectivity index (χ2n) is 6.33. The van der Waals surface area contributed by atoms with Crippen LogP contribution in [-0.2, 0) is 4.79 Å². The number of carboxylic acid groups (broad SMARTS) is 1. The van der Waals surface area contributed by atoms with Crippen LogP contribution in [0, 0.1) is 5.92 Å². The molecule has 0 bridgehead atoms. The van der Waals surface area contributed by atoms with Gasteiger partial charge in [0, 0.05) is 12.1 Å². The zero-order valence-corrected chi connectivity index (χ0v) is 12.2. The fraction of sp³-hybridized carbons (Fsp3) is 0.588. The van der Waals surface area contributed by atoms with Gasteiger partial charge in [0.25, 0.3) is 0 Å². The summed E-state index contributed by atoms with van der Waals surface area (Å²) in [5.41, 5.74) is 2.87. The normalized spacial score (nSPS) is 33.9. The van der Waals surface area contributed by atoms with Crippen LogP contribution >= 0.6 is 0 Å². The Morgan fingerprint density at radius 1 is 1.15 bits per heavy atom. The van der Waals surface area contributed by atoms with E-state index < -0.39 is 5.97 Å². The highest BCUT2D eigenvalue weighted by Gasteiger charge is 2.40. The molecule has 108 valence electrons. The summed E-state index contributed by atoms with van der Waals surface area (Å²) < 4.78 is 0. The number of rotatable bonds is 2. The molecule has 1 heterocycles. The van der Waals surface area contributed by atoms with Crippen LogP contribution in [0.5, 0.6) is 0 Å². The number of benzene rings is 1. The minimum atomic E-state index is -0.641. The minimum Gasteiger partial charge on any atom is -0.481 e. The molecule has 4 atom stereocenters. The maximum absolute atomic E-state index is 11.3. The Balaban J connectivity index is 1.89. The Labute approximate surface area is 120 Å². The number of aliphatic carboxylic acids is 1. The van der Waals surface area contributed by atoms with Gasteiger partial charge in [0.05, 0.1) is 5.92 Å². The highest BCUT2D eigenvalue weighted by molar-refractivity contribution is 5.71. The Morgan fingerprint density at radius 3 is 2.50 bits per heavy atom. The van der Waals surface area contributed by atoms with Crippen molar-refractivity contribution in [3.05, 3.63) is 35.4 Å². The Kier molecular flexibility index (Phi) is 3.55. The molecule has 1 aromatic carbocycles. The molecule has 1 fully saturated rings. The van der Waals surface area contributed by atoms with Crippen molar-refractivity contribution in [1.29, 1.82) is 0 Å². The molecule has 3 nitrogen and oxygen atoms in total. The summed E-state index contributed by atoms with van der Waals surface area (Å²) in [6.45, 7) is 5.28. The second kappa shape index (κ2) is 5.21. The molecule has 1 aliphatic heterocycles. The summed E-state index contributed by atoms with van der Waals surface area (Å²) in [7, 11) is 0. The molecule has 0 amide bonds. The molecular formula is C17H23NO2. The SMILES string of the molecule is CC1CCC(N2CCC(C(=O)O)C2C)c2ccccc21. The summed E-state index contributed by atoms with van der Waals surface area (Å²) in [6.07, 6.45) is 3.13. The van der Waals surface area contributed by atoms with E-state index in [1.165, 1.54) is 17.5 Å². The Morgan fingerprint density at radius 2 is 1.85 bits per heavy atom. The van der Waals surface area contributed by atoms with Crippen LogP contribution in [-0.4, -0.2) is 28.6 Å². The lowest BCUT2D eigenvalue weighted by molar-refractivity contribution is -0.142. The van der Waals surface area contributed by atoms with E-state index in [0.29, 0.717) is 12.0 Å². The van der Waals surface area contributed by atoms with Crippen molar-refractivity contribution in [3.63, 3.8) is 0 Å². The lowest BCUT2D eigenvalue weighted by atomic mass is 9.80. The number of hydrogen-bond donors (Lipinski definition) is 1. The average molecular weight is 273 g/mol. The molecule has 1 saturated heterocycles. The van der Waals surface area contributed by atoms with Gasteiger partial charge in [-0.05, 0) is 49.8 Å². The van der Waals surface area contributed by atoms with Gasteiger partial charge in [0.1, 0.15) is 0 Å². The molecule has 0 aromatic heterocycles. The van der Waals surface area contributed by atoms with E-state index in [9.17, 15) is 9.90 Å². The maximum Gasteiger partial charge on any atom is 0.308 e. The van der Waals surface area contributed by atoms with Gasteiger partial charge in [-0.25, -0.2) is 0 Å². The lowest BCUT2D eigenvalue weighted by Crippen LogP contribution is -2.37. The number of hydrogen-bond acceptors (Lipinski definition) is 2. The van der Waals surface area contributed by atoms with E-state index in [4.69, 9.17) is 0 Å². The number of carboxylic acids is 1. The van der Waals surface area contributed by atoms with Crippen LogP contribution in [0.4, 0.5) is 0 Å². The molecule has 4 unspecified atom stereocenters. The Hall–Kier alpha value is -1.35. The first-order valence-electron chi connectivity index (χ1n) is 7.67. The van der Waals surface area contributed by atoms with Gasteiger partial charge in [0.2, 0.25) is 0 Å². The van der Waals surface area contributed by atoms with Gasteiger partial charge in [-0.2, -0.15) is 0 Å². The quantitative estimate of drug-likeness (QED) is 0.897. The Bertz CT molecular complexity index is 513. The molecule has 3 heteroatoms. The fourth-order valence-electron chi connectivity index (χ4n) is 4.06. The van der Waals surface area contributed by atoms with Crippen molar-refractivity contribution >= 4 is 5.97 Å². The van der Waals surface area contributed by atoms with Crippen molar-refractivity contribution in [2.75, 3.05) is 6.54 Å². The van der Waals surface area contributed by atoms with E-state index in [1.807, 2.05) is 0 Å². The van der Waals surface area contributed by atoms with Crippen LogP contribution in [0.3, 0.4) is 0 Å². The van der Waals surface area contributed by atoms with E-state index >= 15 is 0 Å². The third kappa shape index (κ3) is 2.14. The largest absolute Gasteiger partial charge is 0.481 e. The van der Waals surface area contributed by atoms with Crippen LogP contribution in [0.25, 0.3) is 0 Å². The first-order valence-corrected chi connectivity index (χ1v) is 7.67. The lowest BCUT2D eigenvalue weighted by Gasteiger charge is -2.38. The third-order valence-electron chi connectivity index (χ3n) is 5.28. The number of carbonyl (C=O) groups is 1. The fourth-order valence-corrected chi connectivity index (χ4v) is 4.06. The zero-order valence-electron chi connectivity index (χ0n) is 12.2. The molecule has 3 rings (SSSR count). The summed E-state index contributed by atoms with van der Waals surface area (Å²) in [6, 6.07) is 9.24. The number of fused-ring (bicyclic) bond motifs is 1. The topological polar surface area (TPSA) is 40.5 Å². The summed E-state index contributed by atoms with van der Waals surface area (Å²) >= 11 is 0. The van der Waals surface area contributed by atoms with Gasteiger partial charge < -0.3 is 5.11 Å². The van der Waals surface area contributed by atoms with Crippen LogP contribution in [0.15, 0.2) is 24.3 Å². The molecule has 1 aliphatic carbocycles. The van der Waals surface area contributed by atoms with Gasteiger partial charge in [-0.1, -0.05) is 31.2 Å². The van der Waals surface area contributed by atoms with Crippen molar-refractivity contribution in [2.24, 2.45) is 5.92 Å². The predicted octanol–water partition coefficient (Wildman–Crippen LogP) is 3.42.